The second-order valence-electron chi connectivity index (χ2n) is 6.70. The van der Waals surface area contributed by atoms with Crippen molar-refractivity contribution in [3.05, 3.63) is 41.8 Å². The maximum atomic E-state index is 12.4. The summed E-state index contributed by atoms with van der Waals surface area (Å²) in [5.74, 6) is -0.0406. The number of hydrogen-bond acceptors (Lipinski definition) is 6. The highest BCUT2D eigenvalue weighted by molar-refractivity contribution is 7.89. The van der Waals surface area contributed by atoms with E-state index in [1.54, 1.807) is 6.92 Å². The Morgan fingerprint density at radius 3 is 2.78 bits per heavy atom. The zero-order valence-electron chi connectivity index (χ0n) is 15.6. The lowest BCUT2D eigenvalue weighted by atomic mass is 10.1. The zero-order valence-corrected chi connectivity index (χ0v) is 16.4. The minimum absolute atomic E-state index is 0.0416. The van der Waals surface area contributed by atoms with Crippen molar-refractivity contribution in [3.63, 3.8) is 0 Å². The van der Waals surface area contributed by atoms with E-state index in [-0.39, 0.29) is 12.4 Å². The Morgan fingerprint density at radius 1 is 1.33 bits per heavy atom. The fraction of sp³-hybridized carbons (Fsp3) is 0.474. The first kappa shape index (κ1) is 19.6. The van der Waals surface area contributed by atoms with Gasteiger partial charge in [0.05, 0.1) is 5.75 Å². The fourth-order valence-electron chi connectivity index (χ4n) is 3.13. The van der Waals surface area contributed by atoms with Crippen LogP contribution in [0, 0.1) is 6.92 Å². The van der Waals surface area contributed by atoms with Crippen molar-refractivity contribution in [1.82, 2.24) is 9.29 Å². The summed E-state index contributed by atoms with van der Waals surface area (Å²) in [5, 5.41) is 0. The number of esters is 1. The summed E-state index contributed by atoms with van der Waals surface area (Å²) >= 11 is 0. The van der Waals surface area contributed by atoms with Gasteiger partial charge in [0.2, 0.25) is 15.9 Å². The molecule has 0 radical (unpaired) electrons. The predicted octanol–water partition coefficient (Wildman–Crippen LogP) is 2.90. The quantitative estimate of drug-likeness (QED) is 0.673. The van der Waals surface area contributed by atoms with Crippen molar-refractivity contribution in [2.75, 3.05) is 12.3 Å². The van der Waals surface area contributed by atoms with Gasteiger partial charge in [0.15, 0.2) is 0 Å². The molecule has 1 saturated heterocycles. The Balaban J connectivity index is 1.61. The van der Waals surface area contributed by atoms with E-state index in [0.29, 0.717) is 37.4 Å². The second-order valence-corrected chi connectivity index (χ2v) is 8.74. The van der Waals surface area contributed by atoms with E-state index >= 15 is 0 Å². The minimum atomic E-state index is -3.42. The number of aryl methyl sites for hydroxylation is 1. The molecule has 2 heterocycles. The van der Waals surface area contributed by atoms with Gasteiger partial charge in [-0.15, -0.1) is 0 Å². The van der Waals surface area contributed by atoms with Crippen LogP contribution in [0.3, 0.4) is 0 Å². The van der Waals surface area contributed by atoms with E-state index < -0.39 is 22.0 Å². The van der Waals surface area contributed by atoms with Crippen LogP contribution in [-0.4, -0.2) is 42.0 Å². The summed E-state index contributed by atoms with van der Waals surface area (Å²) in [6, 6.07) is 7.00. The molecular formula is C19H24N2O5S. The number of oxazole rings is 1. The Bertz CT molecular complexity index is 889. The van der Waals surface area contributed by atoms with E-state index in [2.05, 4.69) is 4.98 Å². The minimum Gasteiger partial charge on any atom is -0.458 e. The van der Waals surface area contributed by atoms with E-state index in [1.165, 1.54) is 10.6 Å². The average molecular weight is 392 g/mol. The molecule has 27 heavy (non-hydrogen) atoms. The first-order valence-corrected chi connectivity index (χ1v) is 10.7. The Kier molecular flexibility index (Phi) is 5.96. The van der Waals surface area contributed by atoms with Gasteiger partial charge >= 0.3 is 5.97 Å². The highest BCUT2D eigenvalue weighted by Gasteiger charge is 2.39. The third kappa shape index (κ3) is 4.56. The molecular weight excluding hydrogens is 368 g/mol. The normalized spacial score (nSPS) is 17.9. The topological polar surface area (TPSA) is 89.7 Å². The molecule has 0 N–H and O–H groups in total. The fourth-order valence-corrected chi connectivity index (χ4v) is 4.86. The van der Waals surface area contributed by atoms with Crippen molar-refractivity contribution in [3.8, 4) is 11.5 Å². The number of sulfonamides is 1. The maximum absolute atomic E-state index is 12.4. The van der Waals surface area contributed by atoms with Crippen LogP contribution < -0.4 is 0 Å². The Hall–Kier alpha value is -2.19. The molecule has 0 bridgehead atoms. The molecule has 1 aliphatic rings. The van der Waals surface area contributed by atoms with Crippen molar-refractivity contribution >= 4 is 16.0 Å². The maximum Gasteiger partial charge on any atom is 0.324 e. The van der Waals surface area contributed by atoms with Gasteiger partial charge in [-0.3, -0.25) is 4.79 Å². The van der Waals surface area contributed by atoms with E-state index in [4.69, 9.17) is 9.15 Å². The highest BCUT2D eigenvalue weighted by atomic mass is 32.2. The average Bonchev–Trinajstić information content (AvgIpc) is 3.30. The Labute approximate surface area is 159 Å². The monoisotopic (exact) mass is 392 g/mol. The Morgan fingerprint density at radius 2 is 2.07 bits per heavy atom. The smallest absolute Gasteiger partial charge is 0.324 e. The molecule has 0 aliphatic carbocycles. The van der Waals surface area contributed by atoms with Crippen LogP contribution in [0.25, 0.3) is 11.5 Å². The lowest BCUT2D eigenvalue weighted by Gasteiger charge is -2.22. The molecule has 146 valence electrons. The van der Waals surface area contributed by atoms with Crippen LogP contribution in [0.5, 0.6) is 0 Å². The molecule has 3 rings (SSSR count). The molecule has 0 amide bonds. The molecule has 0 spiro atoms. The van der Waals surface area contributed by atoms with Gasteiger partial charge in [-0.05, 0) is 38.3 Å². The molecule has 7 nitrogen and oxygen atoms in total. The van der Waals surface area contributed by atoms with E-state index in [1.807, 2.05) is 31.2 Å². The summed E-state index contributed by atoms with van der Waals surface area (Å²) < 4.78 is 36.6. The van der Waals surface area contributed by atoms with Gasteiger partial charge in [0, 0.05) is 12.1 Å². The lowest BCUT2D eigenvalue weighted by molar-refractivity contribution is -0.148. The van der Waals surface area contributed by atoms with E-state index in [0.717, 1.165) is 11.1 Å². The van der Waals surface area contributed by atoms with Gasteiger partial charge < -0.3 is 9.15 Å². The summed E-state index contributed by atoms with van der Waals surface area (Å²) in [6.45, 7) is 4.12. The number of aromatic nitrogens is 1. The van der Waals surface area contributed by atoms with Crippen molar-refractivity contribution in [1.29, 1.82) is 0 Å². The number of hydrogen-bond donors (Lipinski definition) is 0. The number of nitrogens with zero attached hydrogens (tertiary/aromatic N) is 2. The van der Waals surface area contributed by atoms with Crippen LogP contribution in [0.2, 0.25) is 0 Å². The van der Waals surface area contributed by atoms with Crippen LogP contribution in [-0.2, 0) is 26.2 Å². The standard InChI is InChI=1S/C19H24N2O5S/c1-3-11-27(23,24)21-10-4-5-17(21)19(22)26-13-16-12-25-18(20-16)15-8-6-14(2)7-9-15/h6-9,12,17H,3-5,10-11,13H2,1-2H3. The van der Waals surface area contributed by atoms with Gasteiger partial charge in [0.25, 0.3) is 0 Å². The predicted molar refractivity (Wildman–Crippen MR) is 100 cm³/mol. The number of carbonyl (C=O) groups is 1. The van der Waals surface area contributed by atoms with Gasteiger partial charge in [0.1, 0.15) is 24.6 Å². The number of benzene rings is 1. The van der Waals surface area contributed by atoms with Crippen molar-refractivity contribution in [2.24, 2.45) is 0 Å². The highest BCUT2D eigenvalue weighted by Crippen LogP contribution is 2.24. The number of carbonyl (C=O) groups excluding carboxylic acids is 1. The van der Waals surface area contributed by atoms with Crippen molar-refractivity contribution in [2.45, 2.75) is 45.8 Å². The first-order valence-electron chi connectivity index (χ1n) is 9.08. The first-order chi connectivity index (χ1) is 12.9. The molecule has 1 fully saturated rings. The van der Waals surface area contributed by atoms with Crippen molar-refractivity contribution < 1.29 is 22.4 Å². The molecule has 1 aliphatic heterocycles. The van der Waals surface area contributed by atoms with Crippen LogP contribution in [0.1, 0.15) is 37.4 Å². The molecule has 2 aromatic rings. The molecule has 1 atom stereocenters. The molecule has 0 saturated carbocycles. The number of ether oxygens (including phenoxy) is 1. The second kappa shape index (κ2) is 8.22. The third-order valence-corrected chi connectivity index (χ3v) is 6.58. The van der Waals surface area contributed by atoms with Gasteiger partial charge in [-0.25, -0.2) is 13.4 Å². The van der Waals surface area contributed by atoms with Crippen LogP contribution >= 0.6 is 0 Å². The largest absolute Gasteiger partial charge is 0.458 e. The summed E-state index contributed by atoms with van der Waals surface area (Å²) in [4.78, 5) is 16.7. The molecule has 1 unspecified atom stereocenters. The zero-order chi connectivity index (χ0) is 19.4. The van der Waals surface area contributed by atoms with Crippen LogP contribution in [0.15, 0.2) is 34.9 Å². The van der Waals surface area contributed by atoms with Gasteiger partial charge in [-0.1, -0.05) is 24.6 Å². The summed E-state index contributed by atoms with van der Waals surface area (Å²) in [5.41, 5.74) is 2.46. The van der Waals surface area contributed by atoms with Crippen LogP contribution in [0.4, 0.5) is 0 Å². The van der Waals surface area contributed by atoms with Gasteiger partial charge in [-0.2, -0.15) is 4.31 Å². The molecule has 8 heteroatoms. The number of rotatable bonds is 7. The third-order valence-electron chi connectivity index (χ3n) is 4.51. The summed E-state index contributed by atoms with van der Waals surface area (Å²) in [7, 11) is -3.42. The summed E-state index contributed by atoms with van der Waals surface area (Å²) in [6.07, 6.45) is 3.10. The van der Waals surface area contributed by atoms with E-state index in [9.17, 15) is 13.2 Å². The molecule has 1 aromatic heterocycles. The SMILES string of the molecule is CCCS(=O)(=O)N1CCCC1C(=O)OCc1coc(-c2ccc(C)cc2)n1. The lowest BCUT2D eigenvalue weighted by Crippen LogP contribution is -2.42. The molecule has 1 aromatic carbocycles.